The minimum Gasteiger partial charge on any atom is -0.381 e. The van der Waals surface area contributed by atoms with Crippen LogP contribution in [0.4, 0.5) is 0 Å². The van der Waals surface area contributed by atoms with Crippen molar-refractivity contribution in [1.82, 2.24) is 20.3 Å². The summed E-state index contributed by atoms with van der Waals surface area (Å²) in [4.78, 5) is 2.56. The molecule has 1 N–H and O–H groups in total. The molecule has 2 fully saturated rings. The van der Waals surface area contributed by atoms with E-state index in [0.29, 0.717) is 6.04 Å². The van der Waals surface area contributed by atoms with Gasteiger partial charge in [0.05, 0.1) is 25.1 Å². The summed E-state index contributed by atoms with van der Waals surface area (Å²) in [5.41, 5.74) is 1.04. The Labute approximate surface area is 119 Å². The number of hydrogen-bond donors (Lipinski definition) is 1. The van der Waals surface area contributed by atoms with Crippen molar-refractivity contribution < 1.29 is 9.47 Å². The quantitative estimate of drug-likeness (QED) is 0.867. The summed E-state index contributed by atoms with van der Waals surface area (Å²) in [7, 11) is 0. The lowest BCUT2D eigenvalue weighted by atomic mass is 9.91. The molecule has 0 bridgehead atoms. The van der Waals surface area contributed by atoms with Crippen LogP contribution in [0.5, 0.6) is 0 Å². The van der Waals surface area contributed by atoms with Crippen LogP contribution in [-0.2, 0) is 15.9 Å². The van der Waals surface area contributed by atoms with Crippen molar-refractivity contribution in [3.8, 4) is 0 Å². The number of nitrogens with zero attached hydrogens (tertiary/aromatic N) is 3. The molecule has 1 atom stereocenters. The van der Waals surface area contributed by atoms with Gasteiger partial charge in [-0.3, -0.25) is 4.90 Å². The molecule has 0 amide bonds. The largest absolute Gasteiger partial charge is 0.381 e. The molecule has 0 aromatic carbocycles. The standard InChI is InChI=1S/C14H24N4O2/c1(13-10-15-17-16-13)4-18-5-8-20-11-14(18)9-12-2-6-19-7-3-12/h10,12,14H,1-9,11H2,(H,15,16,17). The van der Waals surface area contributed by atoms with Gasteiger partial charge < -0.3 is 9.47 Å². The zero-order valence-corrected chi connectivity index (χ0v) is 12.0. The molecule has 2 aliphatic heterocycles. The highest BCUT2D eigenvalue weighted by atomic mass is 16.5. The maximum absolute atomic E-state index is 5.68. The van der Waals surface area contributed by atoms with Gasteiger partial charge in [-0.15, -0.1) is 0 Å². The zero-order chi connectivity index (χ0) is 13.6. The Bertz CT molecular complexity index is 379. The molecule has 0 radical (unpaired) electrons. The number of aromatic amines is 1. The molecule has 2 aliphatic rings. The molecule has 1 aromatic rings. The van der Waals surface area contributed by atoms with E-state index in [4.69, 9.17) is 9.47 Å². The molecule has 0 aliphatic carbocycles. The maximum atomic E-state index is 5.68. The van der Waals surface area contributed by atoms with Crippen LogP contribution in [0, 0.1) is 5.92 Å². The Hall–Kier alpha value is -0.980. The van der Waals surface area contributed by atoms with Crippen LogP contribution in [0.3, 0.4) is 0 Å². The number of aromatic nitrogens is 3. The average molecular weight is 280 g/mol. The fourth-order valence-corrected chi connectivity index (χ4v) is 3.17. The van der Waals surface area contributed by atoms with E-state index in [1.165, 1.54) is 19.3 Å². The van der Waals surface area contributed by atoms with Crippen molar-refractivity contribution in [3.05, 3.63) is 11.9 Å². The molecule has 112 valence electrons. The molecule has 6 heteroatoms. The molecule has 1 aromatic heterocycles. The number of morpholine rings is 1. The Morgan fingerprint density at radius 2 is 2.15 bits per heavy atom. The van der Waals surface area contributed by atoms with E-state index in [-0.39, 0.29) is 0 Å². The molecular formula is C14H24N4O2. The van der Waals surface area contributed by atoms with Crippen LogP contribution in [0.2, 0.25) is 0 Å². The van der Waals surface area contributed by atoms with E-state index in [1.807, 2.05) is 6.20 Å². The van der Waals surface area contributed by atoms with Crippen LogP contribution in [0.25, 0.3) is 0 Å². The normalized spacial score (nSPS) is 25.9. The molecular weight excluding hydrogens is 256 g/mol. The first-order chi connectivity index (χ1) is 9.92. The van der Waals surface area contributed by atoms with Crippen LogP contribution >= 0.6 is 0 Å². The van der Waals surface area contributed by atoms with Gasteiger partial charge in [0.1, 0.15) is 0 Å². The molecule has 0 spiro atoms. The van der Waals surface area contributed by atoms with Crippen molar-refractivity contribution in [2.45, 2.75) is 31.7 Å². The van der Waals surface area contributed by atoms with Crippen molar-refractivity contribution in [1.29, 1.82) is 0 Å². The van der Waals surface area contributed by atoms with E-state index in [2.05, 4.69) is 20.3 Å². The van der Waals surface area contributed by atoms with Gasteiger partial charge >= 0.3 is 0 Å². The highest BCUT2D eigenvalue weighted by Crippen LogP contribution is 2.24. The van der Waals surface area contributed by atoms with Crippen LogP contribution in [0.1, 0.15) is 25.0 Å². The van der Waals surface area contributed by atoms with E-state index < -0.39 is 0 Å². The second kappa shape index (κ2) is 7.15. The van der Waals surface area contributed by atoms with Crippen molar-refractivity contribution >= 4 is 0 Å². The minimum atomic E-state index is 0.554. The predicted octanol–water partition coefficient (Wildman–Crippen LogP) is 0.865. The number of nitrogens with one attached hydrogen (secondary N) is 1. The fraction of sp³-hybridized carbons (Fsp3) is 0.857. The van der Waals surface area contributed by atoms with Gasteiger partial charge in [-0.1, -0.05) is 0 Å². The van der Waals surface area contributed by atoms with E-state index in [0.717, 1.165) is 57.5 Å². The lowest BCUT2D eigenvalue weighted by Crippen LogP contribution is -2.47. The van der Waals surface area contributed by atoms with Gasteiger partial charge in [0.15, 0.2) is 0 Å². The van der Waals surface area contributed by atoms with Crippen LogP contribution in [0.15, 0.2) is 6.20 Å². The van der Waals surface area contributed by atoms with Gasteiger partial charge in [-0.2, -0.15) is 15.4 Å². The van der Waals surface area contributed by atoms with E-state index in [9.17, 15) is 0 Å². The average Bonchev–Trinajstić information content (AvgIpc) is 3.01. The fourth-order valence-electron chi connectivity index (χ4n) is 3.17. The summed E-state index contributed by atoms with van der Waals surface area (Å²) in [5.74, 6) is 0.796. The topological polar surface area (TPSA) is 63.3 Å². The Balaban J connectivity index is 1.50. The third-order valence-electron chi connectivity index (χ3n) is 4.42. The first kappa shape index (κ1) is 14.0. The number of rotatable bonds is 5. The highest BCUT2D eigenvalue weighted by molar-refractivity contribution is 4.92. The summed E-state index contributed by atoms with van der Waals surface area (Å²) < 4.78 is 11.1. The molecule has 1 unspecified atom stereocenters. The monoisotopic (exact) mass is 280 g/mol. The summed E-state index contributed by atoms with van der Waals surface area (Å²) in [6.45, 7) is 5.66. The third kappa shape index (κ3) is 3.77. The summed E-state index contributed by atoms with van der Waals surface area (Å²) in [6, 6.07) is 0.554. The van der Waals surface area contributed by atoms with Gasteiger partial charge in [-0.05, 0) is 25.2 Å². The number of H-pyrrole nitrogens is 1. The first-order valence-electron chi connectivity index (χ1n) is 7.66. The highest BCUT2D eigenvalue weighted by Gasteiger charge is 2.26. The predicted molar refractivity (Wildman–Crippen MR) is 74.4 cm³/mol. The Kier molecular flexibility index (Phi) is 5.00. The van der Waals surface area contributed by atoms with Crippen molar-refractivity contribution in [2.75, 3.05) is 39.5 Å². The molecule has 6 nitrogen and oxygen atoms in total. The zero-order valence-electron chi connectivity index (χ0n) is 12.0. The van der Waals surface area contributed by atoms with Gasteiger partial charge in [0.2, 0.25) is 0 Å². The van der Waals surface area contributed by atoms with Crippen molar-refractivity contribution in [2.24, 2.45) is 5.92 Å². The SMILES string of the molecule is c1n[nH]nc1CCN1CCOCC1CC1CCOCC1. The van der Waals surface area contributed by atoms with Crippen LogP contribution in [-0.4, -0.2) is 65.9 Å². The lowest BCUT2D eigenvalue weighted by molar-refractivity contribution is -0.0248. The Morgan fingerprint density at radius 3 is 2.95 bits per heavy atom. The van der Waals surface area contributed by atoms with E-state index >= 15 is 0 Å². The van der Waals surface area contributed by atoms with Gasteiger partial charge in [0.25, 0.3) is 0 Å². The molecule has 2 saturated heterocycles. The summed E-state index contributed by atoms with van der Waals surface area (Å²) >= 11 is 0. The smallest absolute Gasteiger partial charge is 0.0837 e. The number of ether oxygens (including phenoxy) is 2. The molecule has 20 heavy (non-hydrogen) atoms. The van der Waals surface area contributed by atoms with Gasteiger partial charge in [-0.25, -0.2) is 0 Å². The van der Waals surface area contributed by atoms with Gasteiger partial charge in [0, 0.05) is 38.8 Å². The first-order valence-corrected chi connectivity index (χ1v) is 7.66. The molecule has 3 heterocycles. The van der Waals surface area contributed by atoms with Crippen LogP contribution < -0.4 is 0 Å². The third-order valence-corrected chi connectivity index (χ3v) is 4.42. The minimum absolute atomic E-state index is 0.554. The summed E-state index contributed by atoms with van der Waals surface area (Å²) in [5, 5.41) is 10.7. The van der Waals surface area contributed by atoms with Crippen molar-refractivity contribution in [3.63, 3.8) is 0 Å². The second-order valence-electron chi connectivity index (χ2n) is 5.77. The molecule has 0 saturated carbocycles. The van der Waals surface area contributed by atoms with E-state index in [1.54, 1.807) is 0 Å². The second-order valence-corrected chi connectivity index (χ2v) is 5.77. The number of hydrogen-bond acceptors (Lipinski definition) is 5. The lowest BCUT2D eigenvalue weighted by Gasteiger charge is -2.38. The maximum Gasteiger partial charge on any atom is 0.0837 e. The summed E-state index contributed by atoms with van der Waals surface area (Å²) in [6.07, 6.45) is 6.41. The Morgan fingerprint density at radius 1 is 1.25 bits per heavy atom. The molecule has 3 rings (SSSR count).